The summed E-state index contributed by atoms with van der Waals surface area (Å²) in [5.41, 5.74) is 0.244. The molecule has 1 rings (SSSR count). The van der Waals surface area contributed by atoms with Crippen LogP contribution in [0.3, 0.4) is 0 Å². The molecule has 6 nitrogen and oxygen atoms in total. The number of rotatable bonds is 5. The summed E-state index contributed by atoms with van der Waals surface area (Å²) in [5.74, 6) is -0.831. The highest BCUT2D eigenvalue weighted by atomic mass is 16.5. The second-order valence-corrected chi connectivity index (χ2v) is 3.24. The van der Waals surface area contributed by atoms with Gasteiger partial charge < -0.3 is 15.2 Å². The number of pyridine rings is 1. The molecule has 0 fully saturated rings. The summed E-state index contributed by atoms with van der Waals surface area (Å²) in [7, 11) is 0. The summed E-state index contributed by atoms with van der Waals surface area (Å²) in [6, 6.07) is 1.30. The first-order valence-electron chi connectivity index (χ1n) is 5.21. The molecule has 0 spiro atoms. The van der Waals surface area contributed by atoms with E-state index in [0.717, 1.165) is 0 Å². The largest absolute Gasteiger partial charge is 0.506 e. The Labute approximate surface area is 98.6 Å². The molecule has 0 unspecified atom stereocenters. The van der Waals surface area contributed by atoms with Gasteiger partial charge in [-0.2, -0.15) is 0 Å². The van der Waals surface area contributed by atoms with Crippen molar-refractivity contribution in [2.75, 3.05) is 13.2 Å². The van der Waals surface area contributed by atoms with Crippen LogP contribution in [0, 0.1) is 0 Å². The number of hydrogen-bond acceptors (Lipinski definition) is 5. The zero-order chi connectivity index (χ0) is 12.7. The van der Waals surface area contributed by atoms with Gasteiger partial charge in [-0.3, -0.25) is 14.6 Å². The van der Waals surface area contributed by atoms with Crippen molar-refractivity contribution >= 4 is 11.9 Å². The first-order chi connectivity index (χ1) is 8.13. The molecule has 0 atom stereocenters. The Balaban J connectivity index is 2.38. The van der Waals surface area contributed by atoms with Crippen LogP contribution in [0.5, 0.6) is 5.75 Å². The number of nitrogens with zero attached hydrogens (tertiary/aromatic N) is 1. The Kier molecular flexibility index (Phi) is 4.93. The van der Waals surface area contributed by atoms with E-state index in [1.807, 2.05) is 0 Å². The van der Waals surface area contributed by atoms with E-state index in [1.165, 1.54) is 18.5 Å². The van der Waals surface area contributed by atoms with E-state index in [4.69, 9.17) is 9.84 Å². The fraction of sp³-hybridized carbons (Fsp3) is 0.364. The van der Waals surface area contributed by atoms with Crippen LogP contribution in [0.4, 0.5) is 0 Å². The number of carbonyl (C=O) groups excluding carboxylic acids is 2. The minimum atomic E-state index is -0.391. The van der Waals surface area contributed by atoms with E-state index in [1.54, 1.807) is 6.92 Å². The molecule has 17 heavy (non-hydrogen) atoms. The smallest absolute Gasteiger partial charge is 0.307 e. The summed E-state index contributed by atoms with van der Waals surface area (Å²) in [4.78, 5) is 26.2. The van der Waals surface area contributed by atoms with Gasteiger partial charge >= 0.3 is 5.97 Å². The van der Waals surface area contributed by atoms with Gasteiger partial charge in [-0.15, -0.1) is 0 Å². The Morgan fingerprint density at radius 1 is 1.47 bits per heavy atom. The lowest BCUT2D eigenvalue weighted by atomic mass is 10.2. The Morgan fingerprint density at radius 2 is 2.24 bits per heavy atom. The number of aromatic nitrogens is 1. The van der Waals surface area contributed by atoms with Crippen molar-refractivity contribution in [1.82, 2.24) is 10.3 Å². The Morgan fingerprint density at radius 3 is 2.88 bits per heavy atom. The van der Waals surface area contributed by atoms with Crippen molar-refractivity contribution < 1.29 is 19.4 Å². The normalized spacial score (nSPS) is 9.71. The molecule has 1 heterocycles. The van der Waals surface area contributed by atoms with Crippen LogP contribution in [0.25, 0.3) is 0 Å². The maximum absolute atomic E-state index is 11.5. The Bertz CT molecular complexity index is 406. The lowest BCUT2D eigenvalue weighted by Crippen LogP contribution is -2.26. The van der Waals surface area contributed by atoms with Crippen molar-refractivity contribution in [3.05, 3.63) is 24.0 Å². The highest BCUT2D eigenvalue weighted by molar-refractivity contribution is 5.94. The second kappa shape index (κ2) is 6.47. The minimum absolute atomic E-state index is 0.0805. The SMILES string of the molecule is CCOC(=O)CCNC(=O)c1cncc(O)c1. The number of nitrogens with one attached hydrogen (secondary N) is 1. The number of esters is 1. The van der Waals surface area contributed by atoms with Gasteiger partial charge in [-0.05, 0) is 13.0 Å². The molecule has 0 radical (unpaired) electrons. The first-order valence-corrected chi connectivity index (χ1v) is 5.21. The van der Waals surface area contributed by atoms with Crippen LogP contribution in [-0.2, 0) is 9.53 Å². The van der Waals surface area contributed by atoms with E-state index in [0.29, 0.717) is 6.61 Å². The van der Waals surface area contributed by atoms with Gasteiger partial charge in [0, 0.05) is 12.7 Å². The highest BCUT2D eigenvalue weighted by Crippen LogP contribution is 2.07. The summed E-state index contributed by atoms with van der Waals surface area (Å²) in [6.07, 6.45) is 2.68. The van der Waals surface area contributed by atoms with Crippen molar-refractivity contribution in [2.24, 2.45) is 0 Å². The molecule has 1 amide bonds. The average molecular weight is 238 g/mol. The van der Waals surface area contributed by atoms with E-state index in [9.17, 15) is 9.59 Å². The average Bonchev–Trinajstić information content (AvgIpc) is 2.29. The molecule has 0 aromatic carbocycles. The number of amides is 1. The van der Waals surface area contributed by atoms with Crippen molar-refractivity contribution in [3.8, 4) is 5.75 Å². The van der Waals surface area contributed by atoms with Crippen LogP contribution in [-0.4, -0.2) is 35.1 Å². The van der Waals surface area contributed by atoms with Gasteiger partial charge in [0.1, 0.15) is 5.75 Å². The third-order valence-electron chi connectivity index (χ3n) is 1.91. The molecular weight excluding hydrogens is 224 g/mol. The number of ether oxygens (including phenoxy) is 1. The third kappa shape index (κ3) is 4.50. The monoisotopic (exact) mass is 238 g/mol. The summed E-state index contributed by atoms with van der Waals surface area (Å²) < 4.78 is 4.71. The molecule has 0 saturated carbocycles. The van der Waals surface area contributed by atoms with E-state index >= 15 is 0 Å². The second-order valence-electron chi connectivity index (χ2n) is 3.24. The fourth-order valence-electron chi connectivity index (χ4n) is 1.17. The van der Waals surface area contributed by atoms with E-state index in [-0.39, 0.29) is 30.2 Å². The fourth-order valence-corrected chi connectivity index (χ4v) is 1.17. The molecule has 6 heteroatoms. The quantitative estimate of drug-likeness (QED) is 0.728. The lowest BCUT2D eigenvalue weighted by molar-refractivity contribution is -0.142. The van der Waals surface area contributed by atoms with E-state index < -0.39 is 5.91 Å². The highest BCUT2D eigenvalue weighted by Gasteiger charge is 2.07. The zero-order valence-electron chi connectivity index (χ0n) is 9.47. The van der Waals surface area contributed by atoms with Gasteiger partial charge in [0.05, 0.1) is 24.8 Å². The van der Waals surface area contributed by atoms with Crippen LogP contribution in [0.2, 0.25) is 0 Å². The molecule has 0 bridgehead atoms. The van der Waals surface area contributed by atoms with Gasteiger partial charge in [0.2, 0.25) is 0 Å². The van der Waals surface area contributed by atoms with Crippen molar-refractivity contribution in [2.45, 2.75) is 13.3 Å². The standard InChI is InChI=1S/C11H14N2O4/c1-2-17-10(15)3-4-13-11(16)8-5-9(14)7-12-6-8/h5-7,14H,2-4H2,1H3,(H,13,16). The zero-order valence-corrected chi connectivity index (χ0v) is 9.47. The molecule has 0 aliphatic rings. The van der Waals surface area contributed by atoms with Crippen molar-refractivity contribution in [3.63, 3.8) is 0 Å². The molecule has 2 N–H and O–H groups in total. The summed E-state index contributed by atoms with van der Waals surface area (Å²) >= 11 is 0. The maximum atomic E-state index is 11.5. The topological polar surface area (TPSA) is 88.5 Å². The van der Waals surface area contributed by atoms with Crippen LogP contribution >= 0.6 is 0 Å². The van der Waals surface area contributed by atoms with Gasteiger partial charge in [0.25, 0.3) is 5.91 Å². The third-order valence-corrected chi connectivity index (χ3v) is 1.91. The molecule has 0 aliphatic carbocycles. The first kappa shape index (κ1) is 13.0. The molecular formula is C11H14N2O4. The van der Waals surface area contributed by atoms with E-state index in [2.05, 4.69) is 10.3 Å². The van der Waals surface area contributed by atoms with Gasteiger partial charge in [0.15, 0.2) is 0 Å². The molecule has 1 aromatic rings. The van der Waals surface area contributed by atoms with Crippen LogP contribution < -0.4 is 5.32 Å². The summed E-state index contributed by atoms with van der Waals surface area (Å²) in [6.45, 7) is 2.23. The Hall–Kier alpha value is -2.11. The number of carbonyl (C=O) groups is 2. The van der Waals surface area contributed by atoms with Gasteiger partial charge in [-0.25, -0.2) is 0 Å². The number of aromatic hydroxyl groups is 1. The summed E-state index contributed by atoms with van der Waals surface area (Å²) in [5, 5.41) is 11.7. The van der Waals surface area contributed by atoms with Crippen LogP contribution in [0.1, 0.15) is 23.7 Å². The van der Waals surface area contributed by atoms with Gasteiger partial charge in [-0.1, -0.05) is 0 Å². The van der Waals surface area contributed by atoms with Crippen LogP contribution in [0.15, 0.2) is 18.5 Å². The minimum Gasteiger partial charge on any atom is -0.506 e. The predicted octanol–water partition coefficient (Wildman–Crippen LogP) is 0.470. The molecule has 0 saturated heterocycles. The molecule has 92 valence electrons. The van der Waals surface area contributed by atoms with Crippen molar-refractivity contribution in [1.29, 1.82) is 0 Å². The number of hydrogen-bond donors (Lipinski definition) is 2. The maximum Gasteiger partial charge on any atom is 0.307 e. The lowest BCUT2D eigenvalue weighted by Gasteiger charge is -2.05. The predicted molar refractivity (Wildman–Crippen MR) is 59.5 cm³/mol. The molecule has 0 aliphatic heterocycles. The molecule has 1 aromatic heterocycles.